The molecule has 0 bridgehead atoms. The average Bonchev–Trinajstić information content (AvgIpc) is 2.18. The van der Waals surface area contributed by atoms with Gasteiger partial charge in [0.05, 0.1) is 0 Å². The van der Waals surface area contributed by atoms with Crippen LogP contribution in [0.1, 0.15) is 32.3 Å². The third-order valence-electron chi connectivity index (χ3n) is 2.18. The van der Waals surface area contributed by atoms with Gasteiger partial charge in [0.2, 0.25) is 0 Å². The summed E-state index contributed by atoms with van der Waals surface area (Å²) >= 11 is 0. The molecule has 0 aliphatic carbocycles. The van der Waals surface area contributed by atoms with Gasteiger partial charge >= 0.3 is 0 Å². The summed E-state index contributed by atoms with van der Waals surface area (Å²) in [5.41, 5.74) is 3.86. The number of hydrogen-bond acceptors (Lipinski definition) is 0. The van der Waals surface area contributed by atoms with Gasteiger partial charge in [0, 0.05) is 0 Å². The summed E-state index contributed by atoms with van der Waals surface area (Å²) in [6.45, 7) is 8.35. The summed E-state index contributed by atoms with van der Waals surface area (Å²) in [5, 5.41) is 0. The predicted molar refractivity (Wildman–Crippen MR) is 64.1 cm³/mol. The first-order chi connectivity index (χ1) is 6.70. The Labute approximate surface area is 87.0 Å². The summed E-state index contributed by atoms with van der Waals surface area (Å²) in [7, 11) is 0. The maximum Gasteiger partial charge on any atom is -0.0230 e. The second kappa shape index (κ2) is 5.43. The quantitative estimate of drug-likeness (QED) is 0.609. The molecular formula is C14H18. The maximum absolute atomic E-state index is 4.09. The monoisotopic (exact) mass is 186 g/mol. The average molecular weight is 186 g/mol. The van der Waals surface area contributed by atoms with E-state index in [1.54, 1.807) is 0 Å². The lowest BCUT2D eigenvalue weighted by molar-refractivity contribution is 1.05. The summed E-state index contributed by atoms with van der Waals surface area (Å²) in [4.78, 5) is 0. The predicted octanol–water partition coefficient (Wildman–Crippen LogP) is 4.45. The Morgan fingerprint density at radius 1 is 1.21 bits per heavy atom. The van der Waals surface area contributed by atoms with Crippen LogP contribution in [0.25, 0.3) is 5.57 Å². The molecule has 0 atom stereocenters. The molecule has 0 saturated heterocycles. The van der Waals surface area contributed by atoms with Gasteiger partial charge in [-0.2, -0.15) is 0 Å². The first kappa shape index (κ1) is 10.8. The lowest BCUT2D eigenvalue weighted by Gasteiger charge is -2.03. The van der Waals surface area contributed by atoms with Crippen LogP contribution in [0.5, 0.6) is 0 Å². The second-order valence-electron chi connectivity index (χ2n) is 3.79. The molecule has 0 spiro atoms. The molecule has 0 aliphatic rings. The van der Waals surface area contributed by atoms with Gasteiger partial charge in [-0.3, -0.25) is 0 Å². The summed E-state index contributed by atoms with van der Waals surface area (Å²) in [5.74, 6) is 0. The molecule has 1 aromatic carbocycles. The fourth-order valence-electron chi connectivity index (χ4n) is 1.35. The van der Waals surface area contributed by atoms with E-state index in [0.717, 1.165) is 12.8 Å². The smallest absolute Gasteiger partial charge is 0.0230 e. The number of benzene rings is 1. The van der Waals surface area contributed by atoms with Gasteiger partial charge in [-0.25, -0.2) is 0 Å². The van der Waals surface area contributed by atoms with Crippen LogP contribution in [-0.4, -0.2) is 0 Å². The van der Waals surface area contributed by atoms with E-state index in [0.29, 0.717) is 0 Å². The van der Waals surface area contributed by atoms with Crippen molar-refractivity contribution in [2.24, 2.45) is 0 Å². The van der Waals surface area contributed by atoms with Gasteiger partial charge in [-0.1, -0.05) is 48.6 Å². The Hall–Kier alpha value is -1.30. The first-order valence-corrected chi connectivity index (χ1v) is 5.06. The zero-order chi connectivity index (χ0) is 10.4. The Bertz CT molecular complexity index is 313. The summed E-state index contributed by atoms with van der Waals surface area (Å²) in [6.07, 6.45) is 4.40. The van der Waals surface area contributed by atoms with Crippen molar-refractivity contribution in [2.45, 2.75) is 26.7 Å². The highest BCUT2D eigenvalue weighted by molar-refractivity contribution is 5.63. The number of allylic oxidation sites excluding steroid dienone is 3. The fraction of sp³-hybridized carbons (Fsp3) is 0.286. The van der Waals surface area contributed by atoms with Crippen molar-refractivity contribution in [3.63, 3.8) is 0 Å². The molecule has 74 valence electrons. The lowest BCUT2D eigenvalue weighted by Crippen LogP contribution is -1.81. The molecule has 0 nitrogen and oxygen atoms in total. The molecular weight excluding hydrogens is 168 g/mol. The standard InChI is InChI=1S/C14H18/c1-12(2)8-7-9-13(3)14-10-5-4-6-11-14/h4-6,8,10-11H,3,7,9H2,1-2H3. The molecule has 0 amide bonds. The van der Waals surface area contributed by atoms with Crippen LogP contribution in [0, 0.1) is 0 Å². The van der Waals surface area contributed by atoms with E-state index in [4.69, 9.17) is 0 Å². The molecule has 14 heavy (non-hydrogen) atoms. The van der Waals surface area contributed by atoms with Crippen molar-refractivity contribution in [3.05, 3.63) is 54.1 Å². The normalized spacial score (nSPS) is 9.57. The zero-order valence-electron chi connectivity index (χ0n) is 9.09. The van der Waals surface area contributed by atoms with Crippen LogP contribution < -0.4 is 0 Å². The van der Waals surface area contributed by atoms with E-state index in [1.807, 2.05) is 6.07 Å². The Balaban J connectivity index is 2.48. The molecule has 1 aromatic rings. The van der Waals surface area contributed by atoms with Crippen LogP contribution in [0.4, 0.5) is 0 Å². The highest BCUT2D eigenvalue weighted by Gasteiger charge is 1.95. The van der Waals surface area contributed by atoms with Crippen molar-refractivity contribution in [1.29, 1.82) is 0 Å². The molecule has 0 saturated carbocycles. The van der Waals surface area contributed by atoms with E-state index in [9.17, 15) is 0 Å². The highest BCUT2D eigenvalue weighted by Crippen LogP contribution is 2.17. The van der Waals surface area contributed by atoms with Crippen LogP contribution in [-0.2, 0) is 0 Å². The molecule has 0 unspecified atom stereocenters. The van der Waals surface area contributed by atoms with E-state index in [1.165, 1.54) is 16.7 Å². The summed E-state index contributed by atoms with van der Waals surface area (Å²) in [6, 6.07) is 10.4. The number of hydrogen-bond donors (Lipinski definition) is 0. The Morgan fingerprint density at radius 3 is 2.43 bits per heavy atom. The number of rotatable bonds is 4. The van der Waals surface area contributed by atoms with Gasteiger partial charge in [0.25, 0.3) is 0 Å². The molecule has 0 fully saturated rings. The minimum absolute atomic E-state index is 1.05. The topological polar surface area (TPSA) is 0 Å². The van der Waals surface area contributed by atoms with Crippen LogP contribution in [0.3, 0.4) is 0 Å². The Morgan fingerprint density at radius 2 is 1.86 bits per heavy atom. The first-order valence-electron chi connectivity index (χ1n) is 5.06. The molecule has 0 aromatic heterocycles. The van der Waals surface area contributed by atoms with Crippen LogP contribution >= 0.6 is 0 Å². The molecule has 1 rings (SSSR count). The van der Waals surface area contributed by atoms with E-state index < -0.39 is 0 Å². The van der Waals surface area contributed by atoms with Crippen molar-refractivity contribution in [1.82, 2.24) is 0 Å². The molecule has 0 heteroatoms. The minimum Gasteiger partial charge on any atom is -0.0952 e. The van der Waals surface area contributed by atoms with Crippen molar-refractivity contribution < 1.29 is 0 Å². The zero-order valence-corrected chi connectivity index (χ0v) is 9.09. The van der Waals surface area contributed by atoms with Gasteiger partial charge < -0.3 is 0 Å². The fourth-order valence-corrected chi connectivity index (χ4v) is 1.35. The van der Waals surface area contributed by atoms with Gasteiger partial charge in [-0.05, 0) is 37.8 Å². The highest BCUT2D eigenvalue weighted by atomic mass is 14.0. The molecule has 0 radical (unpaired) electrons. The van der Waals surface area contributed by atoms with Crippen molar-refractivity contribution in [2.75, 3.05) is 0 Å². The molecule has 0 heterocycles. The van der Waals surface area contributed by atoms with Crippen LogP contribution in [0.2, 0.25) is 0 Å². The van der Waals surface area contributed by atoms with Gasteiger partial charge in [0.15, 0.2) is 0 Å². The largest absolute Gasteiger partial charge is 0.0952 e. The third-order valence-corrected chi connectivity index (χ3v) is 2.18. The van der Waals surface area contributed by atoms with E-state index in [2.05, 4.69) is 50.8 Å². The molecule has 0 N–H and O–H groups in total. The SMILES string of the molecule is C=C(CCC=C(C)C)c1ccccc1. The maximum atomic E-state index is 4.09. The van der Waals surface area contributed by atoms with Gasteiger partial charge in [0.1, 0.15) is 0 Å². The molecule has 0 aliphatic heterocycles. The minimum atomic E-state index is 1.05. The van der Waals surface area contributed by atoms with Gasteiger partial charge in [-0.15, -0.1) is 0 Å². The van der Waals surface area contributed by atoms with Crippen molar-refractivity contribution >= 4 is 5.57 Å². The van der Waals surface area contributed by atoms with Crippen molar-refractivity contribution in [3.8, 4) is 0 Å². The Kier molecular flexibility index (Phi) is 4.18. The van der Waals surface area contributed by atoms with E-state index in [-0.39, 0.29) is 0 Å². The van der Waals surface area contributed by atoms with E-state index >= 15 is 0 Å². The second-order valence-corrected chi connectivity index (χ2v) is 3.79. The summed E-state index contributed by atoms with van der Waals surface area (Å²) < 4.78 is 0. The van der Waals surface area contributed by atoms with Crippen LogP contribution in [0.15, 0.2) is 48.6 Å². The lowest BCUT2D eigenvalue weighted by atomic mass is 10.0. The third kappa shape index (κ3) is 3.61.